The van der Waals surface area contributed by atoms with Gasteiger partial charge in [0.2, 0.25) is 15.9 Å². The molecule has 1 amide bonds. The SMILES string of the molecule is O=C(Nc1ccc(S(=O)(=O)NCCc2ccccc2)cc1)C1c2ccccc2Oc2ccccc21. The minimum atomic E-state index is -3.66. The highest BCUT2D eigenvalue weighted by Crippen LogP contribution is 2.44. The van der Waals surface area contributed by atoms with Crippen LogP contribution in [0.1, 0.15) is 22.6 Å². The second kappa shape index (κ2) is 9.74. The van der Waals surface area contributed by atoms with E-state index < -0.39 is 15.9 Å². The Balaban J connectivity index is 1.29. The molecule has 0 radical (unpaired) electrons. The molecule has 1 aliphatic rings. The molecule has 35 heavy (non-hydrogen) atoms. The van der Waals surface area contributed by atoms with Crippen LogP contribution in [0.25, 0.3) is 0 Å². The molecule has 0 aliphatic carbocycles. The summed E-state index contributed by atoms with van der Waals surface area (Å²) in [6, 6.07) is 30.8. The van der Waals surface area contributed by atoms with E-state index in [9.17, 15) is 13.2 Å². The van der Waals surface area contributed by atoms with Gasteiger partial charge in [0.25, 0.3) is 0 Å². The van der Waals surface area contributed by atoms with E-state index in [2.05, 4.69) is 10.0 Å². The van der Waals surface area contributed by atoms with E-state index in [0.29, 0.717) is 30.2 Å². The highest BCUT2D eigenvalue weighted by atomic mass is 32.2. The van der Waals surface area contributed by atoms with Gasteiger partial charge in [-0.05, 0) is 48.4 Å². The van der Waals surface area contributed by atoms with Crippen molar-refractivity contribution in [2.45, 2.75) is 17.2 Å². The van der Waals surface area contributed by atoms with E-state index in [4.69, 9.17) is 4.74 Å². The highest BCUT2D eigenvalue weighted by molar-refractivity contribution is 7.89. The number of anilines is 1. The lowest BCUT2D eigenvalue weighted by Gasteiger charge is -2.27. The third-order valence-electron chi connectivity index (χ3n) is 5.92. The molecule has 0 bridgehead atoms. The van der Waals surface area contributed by atoms with Crippen molar-refractivity contribution < 1.29 is 17.9 Å². The van der Waals surface area contributed by atoms with E-state index in [1.807, 2.05) is 78.9 Å². The van der Waals surface area contributed by atoms with Crippen LogP contribution in [0.2, 0.25) is 0 Å². The van der Waals surface area contributed by atoms with Gasteiger partial charge in [-0.15, -0.1) is 0 Å². The zero-order valence-corrected chi connectivity index (χ0v) is 19.7. The lowest BCUT2D eigenvalue weighted by atomic mass is 9.87. The van der Waals surface area contributed by atoms with Crippen molar-refractivity contribution in [3.8, 4) is 11.5 Å². The van der Waals surface area contributed by atoms with Gasteiger partial charge in [-0.25, -0.2) is 13.1 Å². The Morgan fingerprint density at radius 1 is 0.743 bits per heavy atom. The summed E-state index contributed by atoms with van der Waals surface area (Å²) in [7, 11) is -3.66. The first-order valence-corrected chi connectivity index (χ1v) is 12.8. The van der Waals surface area contributed by atoms with Crippen molar-refractivity contribution in [1.82, 2.24) is 4.72 Å². The van der Waals surface area contributed by atoms with Gasteiger partial charge in [-0.3, -0.25) is 4.79 Å². The van der Waals surface area contributed by atoms with E-state index in [-0.39, 0.29) is 10.8 Å². The minimum Gasteiger partial charge on any atom is -0.457 e. The van der Waals surface area contributed by atoms with Crippen LogP contribution >= 0.6 is 0 Å². The molecular formula is C28H24N2O4S. The van der Waals surface area contributed by atoms with E-state index in [0.717, 1.165) is 16.7 Å². The number of amides is 1. The molecule has 4 aromatic rings. The summed E-state index contributed by atoms with van der Waals surface area (Å²) in [5.74, 6) is 0.535. The van der Waals surface area contributed by atoms with Gasteiger partial charge in [-0.2, -0.15) is 0 Å². The lowest BCUT2D eigenvalue weighted by Crippen LogP contribution is -2.26. The van der Waals surface area contributed by atoms with E-state index in [1.165, 1.54) is 12.1 Å². The molecule has 1 heterocycles. The number of nitrogens with one attached hydrogen (secondary N) is 2. The third kappa shape index (κ3) is 4.96. The number of carbonyl (C=O) groups is 1. The number of ether oxygens (including phenoxy) is 1. The summed E-state index contributed by atoms with van der Waals surface area (Å²) in [4.78, 5) is 13.5. The summed E-state index contributed by atoms with van der Waals surface area (Å²) >= 11 is 0. The molecule has 2 N–H and O–H groups in total. The largest absolute Gasteiger partial charge is 0.457 e. The van der Waals surface area contributed by atoms with Crippen molar-refractivity contribution in [3.63, 3.8) is 0 Å². The number of benzene rings is 4. The minimum absolute atomic E-state index is 0.144. The molecule has 176 valence electrons. The Morgan fingerprint density at radius 2 is 1.31 bits per heavy atom. The molecule has 0 spiro atoms. The summed E-state index contributed by atoms with van der Waals surface area (Å²) < 4.78 is 33.9. The average Bonchev–Trinajstić information content (AvgIpc) is 2.88. The van der Waals surface area contributed by atoms with Crippen molar-refractivity contribution in [2.24, 2.45) is 0 Å². The fraction of sp³-hybridized carbons (Fsp3) is 0.107. The molecule has 5 rings (SSSR count). The fourth-order valence-corrected chi connectivity index (χ4v) is 5.21. The molecule has 0 atom stereocenters. The molecule has 0 saturated heterocycles. The van der Waals surface area contributed by atoms with Crippen molar-refractivity contribution in [2.75, 3.05) is 11.9 Å². The Bertz CT molecular complexity index is 1410. The summed E-state index contributed by atoms with van der Waals surface area (Å²) in [6.07, 6.45) is 0.599. The van der Waals surface area contributed by atoms with Crippen molar-refractivity contribution >= 4 is 21.6 Å². The van der Waals surface area contributed by atoms with Crippen LogP contribution < -0.4 is 14.8 Å². The fourth-order valence-electron chi connectivity index (χ4n) is 4.18. The zero-order valence-electron chi connectivity index (χ0n) is 18.8. The van der Waals surface area contributed by atoms with Gasteiger partial charge < -0.3 is 10.1 Å². The average molecular weight is 485 g/mol. The number of carbonyl (C=O) groups excluding carboxylic acids is 1. The number of hydrogen-bond donors (Lipinski definition) is 2. The van der Waals surface area contributed by atoms with Crippen LogP contribution in [-0.2, 0) is 21.2 Å². The number of rotatable bonds is 7. The van der Waals surface area contributed by atoms with E-state index in [1.54, 1.807) is 12.1 Å². The van der Waals surface area contributed by atoms with Crippen LogP contribution in [0.5, 0.6) is 11.5 Å². The molecule has 4 aromatic carbocycles. The van der Waals surface area contributed by atoms with Gasteiger partial charge in [0, 0.05) is 23.4 Å². The molecule has 0 fully saturated rings. The second-order valence-corrected chi connectivity index (χ2v) is 10.0. The lowest BCUT2D eigenvalue weighted by molar-refractivity contribution is -0.116. The number of para-hydroxylation sites is 2. The molecule has 0 aromatic heterocycles. The van der Waals surface area contributed by atoms with Crippen LogP contribution in [0.4, 0.5) is 5.69 Å². The topological polar surface area (TPSA) is 84.5 Å². The maximum atomic E-state index is 13.4. The quantitative estimate of drug-likeness (QED) is 0.383. The van der Waals surface area contributed by atoms with Gasteiger partial charge in [0.1, 0.15) is 11.5 Å². The Morgan fingerprint density at radius 3 is 1.94 bits per heavy atom. The molecule has 6 nitrogen and oxygen atoms in total. The predicted octanol–water partition coefficient (Wildman–Crippen LogP) is 5.08. The number of fused-ring (bicyclic) bond motifs is 2. The molecule has 7 heteroatoms. The molecule has 1 aliphatic heterocycles. The van der Waals surface area contributed by atoms with Crippen LogP contribution in [-0.4, -0.2) is 20.9 Å². The van der Waals surface area contributed by atoms with Crippen molar-refractivity contribution in [3.05, 3.63) is 120 Å². The number of sulfonamides is 1. The number of hydrogen-bond acceptors (Lipinski definition) is 4. The Labute approximate surface area is 204 Å². The van der Waals surface area contributed by atoms with Crippen LogP contribution in [0, 0.1) is 0 Å². The van der Waals surface area contributed by atoms with Crippen LogP contribution in [0.15, 0.2) is 108 Å². The maximum absolute atomic E-state index is 13.4. The van der Waals surface area contributed by atoms with Gasteiger partial charge in [0.15, 0.2) is 0 Å². The normalized spacial score (nSPS) is 12.8. The summed E-state index contributed by atoms with van der Waals surface area (Å²) in [5.41, 5.74) is 3.14. The van der Waals surface area contributed by atoms with Crippen molar-refractivity contribution in [1.29, 1.82) is 0 Å². The van der Waals surface area contributed by atoms with E-state index >= 15 is 0 Å². The maximum Gasteiger partial charge on any atom is 0.240 e. The molecule has 0 saturated carbocycles. The third-order valence-corrected chi connectivity index (χ3v) is 7.40. The molecule has 0 unspecified atom stereocenters. The van der Waals surface area contributed by atoms with Gasteiger partial charge in [-0.1, -0.05) is 66.7 Å². The smallest absolute Gasteiger partial charge is 0.240 e. The second-order valence-electron chi connectivity index (χ2n) is 8.26. The van der Waals surface area contributed by atoms with Gasteiger partial charge in [0.05, 0.1) is 10.8 Å². The molecular weight excluding hydrogens is 460 g/mol. The van der Waals surface area contributed by atoms with Gasteiger partial charge >= 0.3 is 0 Å². The first-order chi connectivity index (χ1) is 17.0. The Kier molecular flexibility index (Phi) is 6.35. The zero-order chi connectivity index (χ0) is 24.3. The summed E-state index contributed by atoms with van der Waals surface area (Å²) in [5, 5.41) is 2.93. The highest BCUT2D eigenvalue weighted by Gasteiger charge is 2.32. The predicted molar refractivity (Wildman–Crippen MR) is 135 cm³/mol. The monoisotopic (exact) mass is 484 g/mol. The first kappa shape index (κ1) is 22.8. The Hall–Kier alpha value is -3.94. The standard InChI is InChI=1S/C28H24N2O4S/c31-28(27-23-10-4-6-12-25(23)34-26-13-7-5-11-24(26)27)30-21-14-16-22(17-15-21)35(32,33)29-19-18-20-8-2-1-3-9-20/h1-17,27,29H,18-19H2,(H,30,31). The first-order valence-electron chi connectivity index (χ1n) is 11.3. The summed E-state index contributed by atoms with van der Waals surface area (Å²) in [6.45, 7) is 0.299. The van der Waals surface area contributed by atoms with Crippen LogP contribution in [0.3, 0.4) is 0 Å².